The molecule has 1 amide bonds. The van der Waals surface area contributed by atoms with E-state index in [0.717, 1.165) is 29.1 Å². The summed E-state index contributed by atoms with van der Waals surface area (Å²) in [5.41, 5.74) is 3.61. The van der Waals surface area contributed by atoms with E-state index >= 15 is 0 Å². The number of pyridine rings is 1. The predicted molar refractivity (Wildman–Crippen MR) is 129 cm³/mol. The molecule has 0 unspecified atom stereocenters. The molecule has 1 N–H and O–H groups in total. The SMILES string of the molecule is COc1ccc(C(=O)N2CCN(C)[C@@H](c3ccccc3OC)C2)cc1NCc1ccncc1. The van der Waals surface area contributed by atoms with Crippen LogP contribution < -0.4 is 14.8 Å². The highest BCUT2D eigenvalue weighted by atomic mass is 16.5. The highest BCUT2D eigenvalue weighted by Gasteiger charge is 2.30. The molecule has 172 valence electrons. The molecule has 1 fully saturated rings. The molecule has 3 aromatic rings. The third-order valence-corrected chi connectivity index (χ3v) is 6.11. The second kappa shape index (κ2) is 10.4. The maximum Gasteiger partial charge on any atom is 0.254 e. The minimum Gasteiger partial charge on any atom is -0.496 e. The van der Waals surface area contributed by atoms with Gasteiger partial charge in [0, 0.05) is 49.7 Å². The molecule has 4 rings (SSSR count). The van der Waals surface area contributed by atoms with Gasteiger partial charge in [0.1, 0.15) is 11.5 Å². The first-order chi connectivity index (χ1) is 16.1. The average Bonchev–Trinajstić information content (AvgIpc) is 2.87. The number of para-hydroxylation sites is 1. The van der Waals surface area contributed by atoms with E-state index in [1.54, 1.807) is 26.6 Å². The van der Waals surface area contributed by atoms with E-state index in [1.807, 2.05) is 53.4 Å². The van der Waals surface area contributed by atoms with Crippen molar-refractivity contribution in [2.45, 2.75) is 12.6 Å². The van der Waals surface area contributed by atoms with Gasteiger partial charge < -0.3 is 19.7 Å². The number of piperazine rings is 1. The van der Waals surface area contributed by atoms with Crippen LogP contribution in [-0.4, -0.2) is 61.6 Å². The molecule has 7 nitrogen and oxygen atoms in total. The first-order valence-corrected chi connectivity index (χ1v) is 11.0. The van der Waals surface area contributed by atoms with Crippen molar-refractivity contribution in [3.63, 3.8) is 0 Å². The molecular weight excluding hydrogens is 416 g/mol. The van der Waals surface area contributed by atoms with E-state index in [2.05, 4.69) is 28.3 Å². The van der Waals surface area contributed by atoms with Gasteiger partial charge in [-0.15, -0.1) is 0 Å². The molecule has 0 bridgehead atoms. The molecule has 1 aromatic heterocycles. The van der Waals surface area contributed by atoms with Crippen molar-refractivity contribution >= 4 is 11.6 Å². The number of ether oxygens (including phenoxy) is 2. The van der Waals surface area contributed by atoms with Crippen molar-refractivity contribution in [1.29, 1.82) is 0 Å². The maximum atomic E-state index is 13.5. The fourth-order valence-electron chi connectivity index (χ4n) is 4.20. The van der Waals surface area contributed by atoms with E-state index in [4.69, 9.17) is 9.47 Å². The smallest absolute Gasteiger partial charge is 0.254 e. The van der Waals surface area contributed by atoms with E-state index in [9.17, 15) is 4.79 Å². The first-order valence-electron chi connectivity index (χ1n) is 11.0. The van der Waals surface area contributed by atoms with E-state index in [-0.39, 0.29) is 11.9 Å². The fourth-order valence-corrected chi connectivity index (χ4v) is 4.20. The summed E-state index contributed by atoms with van der Waals surface area (Å²) in [5, 5.41) is 3.39. The van der Waals surface area contributed by atoms with Crippen LogP contribution in [0.25, 0.3) is 0 Å². The van der Waals surface area contributed by atoms with Crippen molar-refractivity contribution in [2.75, 3.05) is 46.2 Å². The molecule has 0 aliphatic carbocycles. The Hall–Kier alpha value is -3.58. The second-order valence-corrected chi connectivity index (χ2v) is 8.11. The minimum atomic E-state index is 0.0117. The average molecular weight is 447 g/mol. The van der Waals surface area contributed by atoms with Crippen LogP contribution in [0.1, 0.15) is 27.5 Å². The maximum absolute atomic E-state index is 13.5. The van der Waals surface area contributed by atoms with Crippen LogP contribution >= 0.6 is 0 Å². The molecule has 1 aliphatic rings. The zero-order chi connectivity index (χ0) is 23.2. The third-order valence-electron chi connectivity index (χ3n) is 6.11. The summed E-state index contributed by atoms with van der Waals surface area (Å²) in [6, 6.07) is 17.5. The predicted octanol–water partition coefficient (Wildman–Crippen LogP) is 3.84. The minimum absolute atomic E-state index is 0.0117. The lowest BCUT2D eigenvalue weighted by molar-refractivity contribution is 0.0542. The Balaban J connectivity index is 1.53. The van der Waals surface area contributed by atoms with Gasteiger partial charge in [-0.3, -0.25) is 14.7 Å². The van der Waals surface area contributed by atoms with Crippen LogP contribution in [0.5, 0.6) is 11.5 Å². The number of anilines is 1. The van der Waals surface area contributed by atoms with Gasteiger partial charge in [-0.05, 0) is 49.0 Å². The fraction of sp³-hybridized carbons (Fsp3) is 0.308. The molecule has 2 aromatic carbocycles. The van der Waals surface area contributed by atoms with Crippen molar-refractivity contribution < 1.29 is 14.3 Å². The van der Waals surface area contributed by atoms with E-state index in [1.165, 1.54) is 0 Å². The van der Waals surface area contributed by atoms with E-state index in [0.29, 0.717) is 30.9 Å². The van der Waals surface area contributed by atoms with Crippen LogP contribution in [0.15, 0.2) is 67.0 Å². The van der Waals surface area contributed by atoms with Gasteiger partial charge in [0.25, 0.3) is 5.91 Å². The molecule has 0 spiro atoms. The molecule has 2 heterocycles. The quantitative estimate of drug-likeness (QED) is 0.595. The summed E-state index contributed by atoms with van der Waals surface area (Å²) in [6.07, 6.45) is 3.53. The number of carbonyl (C=O) groups excluding carboxylic acids is 1. The molecule has 1 saturated heterocycles. The van der Waals surface area contributed by atoms with Crippen molar-refractivity contribution in [3.8, 4) is 11.5 Å². The molecule has 33 heavy (non-hydrogen) atoms. The lowest BCUT2D eigenvalue weighted by Crippen LogP contribution is -2.49. The number of nitrogens with zero attached hydrogens (tertiary/aromatic N) is 3. The monoisotopic (exact) mass is 446 g/mol. The number of nitrogens with one attached hydrogen (secondary N) is 1. The van der Waals surface area contributed by atoms with Crippen LogP contribution in [0.2, 0.25) is 0 Å². The number of hydrogen-bond acceptors (Lipinski definition) is 6. The Morgan fingerprint density at radius 3 is 2.55 bits per heavy atom. The highest BCUT2D eigenvalue weighted by Crippen LogP contribution is 2.32. The molecule has 1 atom stereocenters. The van der Waals surface area contributed by atoms with Gasteiger partial charge in [-0.2, -0.15) is 0 Å². The Kier molecular flexibility index (Phi) is 7.10. The Morgan fingerprint density at radius 2 is 1.79 bits per heavy atom. The second-order valence-electron chi connectivity index (χ2n) is 8.11. The van der Waals surface area contributed by atoms with Crippen molar-refractivity contribution in [2.24, 2.45) is 0 Å². The van der Waals surface area contributed by atoms with Crippen molar-refractivity contribution in [1.82, 2.24) is 14.8 Å². The largest absolute Gasteiger partial charge is 0.496 e. The summed E-state index contributed by atoms with van der Waals surface area (Å²) in [6.45, 7) is 2.67. The van der Waals surface area contributed by atoms with Gasteiger partial charge in [-0.1, -0.05) is 18.2 Å². The summed E-state index contributed by atoms with van der Waals surface area (Å²) >= 11 is 0. The lowest BCUT2D eigenvalue weighted by atomic mass is 10.0. The van der Waals surface area contributed by atoms with Gasteiger partial charge >= 0.3 is 0 Å². The van der Waals surface area contributed by atoms with Crippen LogP contribution in [-0.2, 0) is 6.54 Å². The normalized spacial score (nSPS) is 16.3. The number of carbonyl (C=O) groups is 1. The molecule has 1 aliphatic heterocycles. The van der Waals surface area contributed by atoms with Gasteiger partial charge in [0.2, 0.25) is 0 Å². The van der Waals surface area contributed by atoms with Crippen LogP contribution in [0, 0.1) is 0 Å². The molecule has 0 radical (unpaired) electrons. The van der Waals surface area contributed by atoms with Crippen LogP contribution in [0.4, 0.5) is 5.69 Å². The number of methoxy groups -OCH3 is 2. The number of rotatable bonds is 7. The Labute approximate surface area is 195 Å². The van der Waals surface area contributed by atoms with Gasteiger partial charge in [0.05, 0.1) is 25.9 Å². The summed E-state index contributed by atoms with van der Waals surface area (Å²) in [5.74, 6) is 1.55. The van der Waals surface area contributed by atoms with Gasteiger partial charge in [0.15, 0.2) is 0 Å². The molecular formula is C26H30N4O3. The number of benzene rings is 2. The highest BCUT2D eigenvalue weighted by molar-refractivity contribution is 5.95. The topological polar surface area (TPSA) is 66.9 Å². The number of aromatic nitrogens is 1. The zero-order valence-electron chi connectivity index (χ0n) is 19.3. The Bertz CT molecular complexity index is 1090. The molecule has 7 heteroatoms. The van der Waals surface area contributed by atoms with Crippen LogP contribution in [0.3, 0.4) is 0 Å². The number of likely N-dealkylation sites (N-methyl/N-ethyl adjacent to an activating group) is 1. The third kappa shape index (κ3) is 5.09. The molecule has 0 saturated carbocycles. The number of amides is 1. The van der Waals surface area contributed by atoms with Gasteiger partial charge in [-0.25, -0.2) is 0 Å². The van der Waals surface area contributed by atoms with E-state index < -0.39 is 0 Å². The summed E-state index contributed by atoms with van der Waals surface area (Å²) < 4.78 is 11.1. The Morgan fingerprint density at radius 1 is 1.03 bits per heavy atom. The number of hydrogen-bond donors (Lipinski definition) is 1. The first kappa shape index (κ1) is 22.6. The van der Waals surface area contributed by atoms with Crippen molar-refractivity contribution in [3.05, 3.63) is 83.7 Å². The summed E-state index contributed by atoms with van der Waals surface area (Å²) in [7, 11) is 5.41. The standard InChI is InChI=1S/C26H30N4O3/c1-29-14-15-30(18-23(29)21-6-4-5-7-24(21)32-2)26(31)20-8-9-25(33-3)22(16-20)28-17-19-10-12-27-13-11-19/h4-13,16,23,28H,14-15,17-18H2,1-3H3/t23-/m1/s1. The zero-order valence-corrected chi connectivity index (χ0v) is 19.3. The summed E-state index contributed by atoms with van der Waals surface area (Å²) in [4.78, 5) is 21.7. The lowest BCUT2D eigenvalue weighted by Gasteiger charge is -2.40.